The van der Waals surface area contributed by atoms with E-state index in [0.717, 1.165) is 19.6 Å². The Morgan fingerprint density at radius 2 is 0.818 bits per heavy atom. The van der Waals surface area contributed by atoms with Crippen molar-refractivity contribution in [2.24, 2.45) is 0 Å². The molecule has 0 aliphatic carbocycles. The lowest BCUT2D eigenvalue weighted by molar-refractivity contribution is 0.0581. The molecule has 3 atom stereocenters. The van der Waals surface area contributed by atoms with Crippen molar-refractivity contribution in [3.8, 4) is 0 Å². The molecule has 0 aliphatic rings. The van der Waals surface area contributed by atoms with Gasteiger partial charge in [-0.3, -0.25) is 0 Å². The van der Waals surface area contributed by atoms with Gasteiger partial charge in [0.15, 0.2) is 0 Å². The van der Waals surface area contributed by atoms with E-state index in [0.29, 0.717) is 0 Å². The molecule has 0 saturated carbocycles. The Hall–Kier alpha value is 0.190. The van der Waals surface area contributed by atoms with E-state index in [4.69, 9.17) is 13.6 Å². The lowest BCUT2D eigenvalue weighted by Crippen LogP contribution is -2.29. The third-order valence-corrected chi connectivity index (χ3v) is 4.26. The van der Waals surface area contributed by atoms with E-state index in [1.807, 2.05) is 42.3 Å². The molecule has 134 valence electrons. The zero-order chi connectivity index (χ0) is 17.3. The maximum atomic E-state index is 6.01. The summed E-state index contributed by atoms with van der Waals surface area (Å²) in [5.41, 5.74) is 0. The summed E-state index contributed by atoms with van der Waals surface area (Å²) < 4.78 is 18.0. The predicted octanol–water partition coefficient (Wildman–Crippen LogP) is 2.11. The number of hydrogen-bond donors (Lipinski definition) is 0. The van der Waals surface area contributed by atoms with Gasteiger partial charge in [0.1, 0.15) is 0 Å². The zero-order valence-corrected chi connectivity index (χ0v) is 16.8. The highest BCUT2D eigenvalue weighted by Crippen LogP contribution is 2.43. The van der Waals surface area contributed by atoms with Crippen LogP contribution in [-0.2, 0) is 13.6 Å². The fraction of sp³-hybridized carbons (Fsp3) is 1.00. The SMILES string of the molecule is CC(CN(C)C)OP(OC(C)CN(C)C)OC(C)CN(C)C. The van der Waals surface area contributed by atoms with Crippen molar-refractivity contribution in [1.29, 1.82) is 0 Å². The summed E-state index contributed by atoms with van der Waals surface area (Å²) >= 11 is 0. The minimum absolute atomic E-state index is 0.0687. The predicted molar refractivity (Wildman–Crippen MR) is 94.2 cm³/mol. The average molecular weight is 337 g/mol. The van der Waals surface area contributed by atoms with Crippen LogP contribution in [0, 0.1) is 0 Å². The summed E-state index contributed by atoms with van der Waals surface area (Å²) in [6.07, 6.45) is 0.206. The van der Waals surface area contributed by atoms with Crippen LogP contribution in [-0.4, -0.2) is 94.9 Å². The topological polar surface area (TPSA) is 37.4 Å². The Bertz CT molecular complexity index is 238. The molecule has 0 amide bonds. The van der Waals surface area contributed by atoms with Gasteiger partial charge in [0, 0.05) is 19.6 Å². The van der Waals surface area contributed by atoms with Crippen LogP contribution in [0.3, 0.4) is 0 Å². The van der Waals surface area contributed by atoms with Crippen molar-refractivity contribution in [2.45, 2.75) is 39.1 Å². The van der Waals surface area contributed by atoms with E-state index in [-0.39, 0.29) is 18.3 Å². The fourth-order valence-electron chi connectivity index (χ4n) is 2.16. The number of rotatable bonds is 12. The lowest BCUT2D eigenvalue weighted by atomic mass is 10.4. The quantitative estimate of drug-likeness (QED) is 0.508. The molecule has 0 aromatic carbocycles. The summed E-state index contributed by atoms with van der Waals surface area (Å²) in [4.78, 5) is 6.31. The molecule has 0 fully saturated rings. The van der Waals surface area contributed by atoms with Crippen LogP contribution in [0.25, 0.3) is 0 Å². The van der Waals surface area contributed by atoms with Crippen LogP contribution in [0.15, 0.2) is 0 Å². The van der Waals surface area contributed by atoms with Crippen molar-refractivity contribution in [3.05, 3.63) is 0 Å². The first kappa shape index (κ1) is 22.2. The zero-order valence-electron chi connectivity index (χ0n) is 15.9. The molecular formula is C15H36N3O3P. The lowest BCUT2D eigenvalue weighted by Gasteiger charge is -2.28. The second kappa shape index (κ2) is 11.7. The van der Waals surface area contributed by atoms with Gasteiger partial charge < -0.3 is 28.3 Å². The van der Waals surface area contributed by atoms with Crippen LogP contribution in [0.5, 0.6) is 0 Å². The van der Waals surface area contributed by atoms with Crippen molar-refractivity contribution in [2.75, 3.05) is 61.9 Å². The Labute approximate surface area is 138 Å². The molecule has 3 unspecified atom stereocenters. The summed E-state index contributed by atoms with van der Waals surface area (Å²) in [7, 11) is 10.9. The maximum Gasteiger partial charge on any atom is 0.333 e. The second-order valence-electron chi connectivity index (χ2n) is 6.76. The number of hydrogen-bond acceptors (Lipinski definition) is 6. The average Bonchev–Trinajstić information content (AvgIpc) is 2.23. The molecular weight excluding hydrogens is 301 g/mol. The molecule has 0 aromatic rings. The highest BCUT2D eigenvalue weighted by atomic mass is 31.2. The van der Waals surface area contributed by atoms with Gasteiger partial charge in [0.05, 0.1) is 18.3 Å². The molecule has 7 heteroatoms. The van der Waals surface area contributed by atoms with Crippen LogP contribution < -0.4 is 0 Å². The summed E-state index contributed by atoms with van der Waals surface area (Å²) in [6.45, 7) is 8.68. The Balaban J connectivity index is 4.53. The first-order valence-electron chi connectivity index (χ1n) is 7.84. The molecule has 0 heterocycles. The van der Waals surface area contributed by atoms with Crippen molar-refractivity contribution in [3.63, 3.8) is 0 Å². The van der Waals surface area contributed by atoms with E-state index in [2.05, 4.69) is 35.5 Å². The Morgan fingerprint density at radius 3 is 1.00 bits per heavy atom. The van der Waals surface area contributed by atoms with Crippen molar-refractivity contribution in [1.82, 2.24) is 14.7 Å². The van der Waals surface area contributed by atoms with E-state index >= 15 is 0 Å². The van der Waals surface area contributed by atoms with Gasteiger partial charge in [-0.05, 0) is 63.1 Å². The molecule has 6 nitrogen and oxygen atoms in total. The van der Waals surface area contributed by atoms with Gasteiger partial charge >= 0.3 is 8.60 Å². The van der Waals surface area contributed by atoms with Crippen LogP contribution in [0.1, 0.15) is 20.8 Å². The summed E-state index contributed by atoms with van der Waals surface area (Å²) in [5.74, 6) is 0. The molecule has 0 saturated heterocycles. The Kier molecular flexibility index (Phi) is 11.8. The number of likely N-dealkylation sites (N-methyl/N-ethyl adjacent to an activating group) is 3. The first-order chi connectivity index (χ1) is 10.1. The maximum absolute atomic E-state index is 6.01. The van der Waals surface area contributed by atoms with Crippen molar-refractivity contribution < 1.29 is 13.6 Å². The van der Waals surface area contributed by atoms with Gasteiger partial charge in [-0.2, -0.15) is 0 Å². The molecule has 0 rings (SSSR count). The van der Waals surface area contributed by atoms with Crippen molar-refractivity contribution >= 4 is 8.60 Å². The van der Waals surface area contributed by atoms with E-state index in [1.165, 1.54) is 0 Å². The standard InChI is InChI=1S/C15H36N3O3P/c1-13(10-16(4)5)19-22(20-14(2)11-17(6)7)21-15(3)12-18(8)9/h13-15H,10-12H2,1-9H3. The summed E-state index contributed by atoms with van der Waals surface area (Å²) in [5, 5.41) is 0. The molecule has 0 bridgehead atoms. The van der Waals surface area contributed by atoms with Gasteiger partial charge in [0.25, 0.3) is 0 Å². The molecule has 0 N–H and O–H groups in total. The fourth-order valence-corrected chi connectivity index (χ4v) is 3.39. The smallest absolute Gasteiger partial charge is 0.308 e. The minimum atomic E-state index is -1.35. The molecule has 0 aliphatic heterocycles. The molecule has 22 heavy (non-hydrogen) atoms. The third kappa shape index (κ3) is 12.7. The number of nitrogens with zero attached hydrogens (tertiary/aromatic N) is 3. The van der Waals surface area contributed by atoms with Crippen LogP contribution in [0.2, 0.25) is 0 Å². The van der Waals surface area contributed by atoms with Crippen LogP contribution in [0.4, 0.5) is 0 Å². The van der Waals surface area contributed by atoms with Gasteiger partial charge in [0.2, 0.25) is 0 Å². The van der Waals surface area contributed by atoms with Gasteiger partial charge in [-0.25, -0.2) is 0 Å². The largest absolute Gasteiger partial charge is 0.333 e. The van der Waals surface area contributed by atoms with E-state index in [1.54, 1.807) is 0 Å². The van der Waals surface area contributed by atoms with Crippen LogP contribution >= 0.6 is 8.60 Å². The molecule has 0 aromatic heterocycles. The molecule has 0 spiro atoms. The second-order valence-corrected chi connectivity index (χ2v) is 7.84. The minimum Gasteiger partial charge on any atom is -0.308 e. The highest BCUT2D eigenvalue weighted by Gasteiger charge is 2.23. The molecule has 0 radical (unpaired) electrons. The van der Waals surface area contributed by atoms with Gasteiger partial charge in [-0.15, -0.1) is 0 Å². The third-order valence-electron chi connectivity index (χ3n) is 2.66. The van der Waals surface area contributed by atoms with E-state index in [9.17, 15) is 0 Å². The summed E-state index contributed by atoms with van der Waals surface area (Å²) in [6, 6.07) is 0. The first-order valence-corrected chi connectivity index (χ1v) is 8.94. The Morgan fingerprint density at radius 1 is 0.591 bits per heavy atom. The monoisotopic (exact) mass is 337 g/mol. The van der Waals surface area contributed by atoms with Gasteiger partial charge in [-0.1, -0.05) is 0 Å². The highest BCUT2D eigenvalue weighted by molar-refractivity contribution is 7.41. The normalized spacial score (nSPS) is 18.0. The van der Waals surface area contributed by atoms with E-state index < -0.39 is 8.60 Å².